The molecule has 0 spiro atoms. The molecule has 4 aromatic rings. The van der Waals surface area contributed by atoms with Crippen molar-refractivity contribution in [2.24, 2.45) is 0 Å². The Bertz CT molecular complexity index is 900. The summed E-state index contributed by atoms with van der Waals surface area (Å²) in [4.78, 5) is 16.0. The Hall–Kier alpha value is -3.16. The first-order chi connectivity index (χ1) is 10.3. The largest absolute Gasteiger partial charge is 0.418 e. The fraction of sp³-hybridized carbons (Fsp3) is 0. The number of halogens is 1. The van der Waals surface area contributed by atoms with Crippen molar-refractivity contribution >= 4 is 11.2 Å². The molecule has 7 nitrogen and oxygen atoms in total. The zero-order valence-electron chi connectivity index (χ0n) is 10.5. The molecule has 0 N–H and O–H groups in total. The lowest BCUT2D eigenvalue weighted by molar-refractivity contribution is 0.559. The van der Waals surface area contributed by atoms with E-state index in [-0.39, 0.29) is 5.71 Å². The van der Waals surface area contributed by atoms with Crippen molar-refractivity contribution in [2.75, 3.05) is 0 Å². The normalized spacial score (nSPS) is 11.1. The van der Waals surface area contributed by atoms with E-state index in [0.717, 1.165) is 0 Å². The topological polar surface area (TPSA) is 82.5 Å². The lowest BCUT2D eigenvalue weighted by Gasteiger charge is -1.99. The highest BCUT2D eigenvalue weighted by Crippen LogP contribution is 2.23. The molecule has 21 heavy (non-hydrogen) atoms. The highest BCUT2D eigenvalue weighted by atomic mass is 19.1. The van der Waals surface area contributed by atoms with Crippen LogP contribution in [0.25, 0.3) is 28.5 Å². The number of fused-ring (bicyclic) bond motifs is 1. The van der Waals surface area contributed by atoms with Crippen molar-refractivity contribution < 1.29 is 8.81 Å². The van der Waals surface area contributed by atoms with E-state index in [1.807, 2.05) is 0 Å². The maximum atomic E-state index is 13.0. The van der Waals surface area contributed by atoms with Crippen molar-refractivity contribution in [1.29, 1.82) is 0 Å². The molecule has 0 radical (unpaired) electrons. The van der Waals surface area contributed by atoms with Gasteiger partial charge in [0.25, 0.3) is 0 Å². The van der Waals surface area contributed by atoms with E-state index in [2.05, 4.69) is 25.0 Å². The van der Waals surface area contributed by atoms with Gasteiger partial charge in [-0.05, 0) is 24.3 Å². The smallest absolute Gasteiger partial charge is 0.250 e. The minimum atomic E-state index is -0.607. The number of rotatable bonds is 2. The van der Waals surface area contributed by atoms with Crippen LogP contribution in [0.2, 0.25) is 0 Å². The van der Waals surface area contributed by atoms with Crippen LogP contribution in [0.1, 0.15) is 0 Å². The van der Waals surface area contributed by atoms with Crippen molar-refractivity contribution in [3.05, 3.63) is 49.1 Å². The van der Waals surface area contributed by atoms with Crippen molar-refractivity contribution in [3.8, 4) is 17.3 Å². The van der Waals surface area contributed by atoms with Crippen LogP contribution >= 0.6 is 0 Å². The Morgan fingerprint density at radius 2 is 2.05 bits per heavy atom. The van der Waals surface area contributed by atoms with Crippen LogP contribution in [0, 0.1) is 5.95 Å². The number of aromatic nitrogens is 6. The Kier molecular flexibility index (Phi) is 2.46. The van der Waals surface area contributed by atoms with Crippen molar-refractivity contribution in [2.45, 2.75) is 0 Å². The molecular weight excluding hydrogens is 275 g/mol. The molecule has 0 aliphatic rings. The van der Waals surface area contributed by atoms with E-state index in [4.69, 9.17) is 4.42 Å². The standard InChI is InChI=1S/C13H7FN6O/c14-10-3-2-9-13(19-10)21-12(18-9)8-1-4-11(16-5-8)20-7-15-6-17-20/h1-7H. The minimum absolute atomic E-state index is 0.158. The van der Waals surface area contributed by atoms with Gasteiger partial charge in [0.1, 0.15) is 18.2 Å². The van der Waals surface area contributed by atoms with Crippen LogP contribution in [-0.4, -0.2) is 29.7 Å². The number of oxazole rings is 1. The van der Waals surface area contributed by atoms with Crippen LogP contribution < -0.4 is 0 Å². The van der Waals surface area contributed by atoms with E-state index in [1.54, 1.807) is 24.7 Å². The van der Waals surface area contributed by atoms with Gasteiger partial charge < -0.3 is 4.42 Å². The second-order valence-electron chi connectivity index (χ2n) is 4.22. The minimum Gasteiger partial charge on any atom is -0.418 e. The number of pyridine rings is 2. The van der Waals surface area contributed by atoms with Gasteiger partial charge in [0, 0.05) is 6.20 Å². The fourth-order valence-corrected chi connectivity index (χ4v) is 1.89. The second kappa shape index (κ2) is 4.44. The molecule has 0 saturated heterocycles. The summed E-state index contributed by atoms with van der Waals surface area (Å²) < 4.78 is 20.0. The Morgan fingerprint density at radius 3 is 2.81 bits per heavy atom. The van der Waals surface area contributed by atoms with Gasteiger partial charge in [-0.1, -0.05) is 0 Å². The molecule has 4 rings (SSSR count). The van der Waals surface area contributed by atoms with E-state index in [0.29, 0.717) is 22.8 Å². The Labute approximate surface area is 117 Å². The van der Waals surface area contributed by atoms with Crippen LogP contribution in [0.15, 0.2) is 47.5 Å². The zero-order chi connectivity index (χ0) is 14.2. The first-order valence-electron chi connectivity index (χ1n) is 6.04. The van der Waals surface area contributed by atoms with Gasteiger partial charge in [0.2, 0.25) is 17.6 Å². The van der Waals surface area contributed by atoms with Crippen LogP contribution in [0.4, 0.5) is 4.39 Å². The monoisotopic (exact) mass is 282 g/mol. The van der Waals surface area contributed by atoms with Crippen LogP contribution in [-0.2, 0) is 0 Å². The summed E-state index contributed by atoms with van der Waals surface area (Å²) in [5.41, 5.74) is 1.31. The number of hydrogen-bond donors (Lipinski definition) is 0. The second-order valence-corrected chi connectivity index (χ2v) is 4.22. The SMILES string of the molecule is Fc1ccc2nc(-c3ccc(-n4cncn4)nc3)oc2n1. The summed E-state index contributed by atoms with van der Waals surface area (Å²) in [7, 11) is 0. The van der Waals surface area contributed by atoms with Gasteiger partial charge >= 0.3 is 0 Å². The summed E-state index contributed by atoms with van der Waals surface area (Å²) in [6, 6.07) is 6.29. The van der Waals surface area contributed by atoms with Crippen LogP contribution in [0.5, 0.6) is 0 Å². The molecule has 0 atom stereocenters. The van der Waals surface area contributed by atoms with E-state index >= 15 is 0 Å². The molecule has 4 aromatic heterocycles. The van der Waals surface area contributed by atoms with Crippen molar-refractivity contribution in [3.63, 3.8) is 0 Å². The van der Waals surface area contributed by atoms with Crippen LogP contribution in [0.3, 0.4) is 0 Å². The molecular formula is C13H7FN6O. The fourth-order valence-electron chi connectivity index (χ4n) is 1.89. The predicted octanol–water partition coefficient (Wildman–Crippen LogP) is 2.00. The average molecular weight is 282 g/mol. The lowest BCUT2D eigenvalue weighted by Crippen LogP contribution is -1.97. The molecule has 0 fully saturated rings. The third kappa shape index (κ3) is 2.02. The van der Waals surface area contributed by atoms with Gasteiger partial charge in [0.15, 0.2) is 5.82 Å². The van der Waals surface area contributed by atoms with E-state index < -0.39 is 5.95 Å². The summed E-state index contributed by atoms with van der Waals surface area (Å²) in [5.74, 6) is 0.349. The van der Waals surface area contributed by atoms with Gasteiger partial charge in [-0.25, -0.2) is 19.6 Å². The third-order valence-corrected chi connectivity index (χ3v) is 2.87. The summed E-state index contributed by atoms with van der Waals surface area (Å²) in [5, 5.41) is 3.99. The quantitative estimate of drug-likeness (QED) is 0.523. The number of nitrogens with zero attached hydrogens (tertiary/aromatic N) is 6. The van der Waals surface area contributed by atoms with Crippen molar-refractivity contribution in [1.82, 2.24) is 29.7 Å². The maximum absolute atomic E-state index is 13.0. The van der Waals surface area contributed by atoms with Gasteiger partial charge in [-0.2, -0.15) is 14.5 Å². The highest BCUT2D eigenvalue weighted by Gasteiger charge is 2.10. The Balaban J connectivity index is 1.74. The molecule has 8 heteroatoms. The molecule has 102 valence electrons. The van der Waals surface area contributed by atoms with E-state index in [1.165, 1.54) is 23.1 Å². The summed E-state index contributed by atoms with van der Waals surface area (Å²) in [6.07, 6.45) is 4.57. The maximum Gasteiger partial charge on any atom is 0.250 e. The van der Waals surface area contributed by atoms with Gasteiger partial charge in [-0.15, -0.1) is 0 Å². The predicted molar refractivity (Wildman–Crippen MR) is 69.9 cm³/mol. The molecule has 0 aliphatic carbocycles. The van der Waals surface area contributed by atoms with Gasteiger partial charge in [-0.3, -0.25) is 0 Å². The van der Waals surface area contributed by atoms with E-state index in [9.17, 15) is 4.39 Å². The average Bonchev–Trinajstić information content (AvgIpc) is 3.16. The number of hydrogen-bond acceptors (Lipinski definition) is 6. The molecule has 4 heterocycles. The highest BCUT2D eigenvalue weighted by molar-refractivity contribution is 5.72. The molecule has 0 bridgehead atoms. The Morgan fingerprint density at radius 1 is 1.10 bits per heavy atom. The van der Waals surface area contributed by atoms with Gasteiger partial charge in [0.05, 0.1) is 5.56 Å². The third-order valence-electron chi connectivity index (χ3n) is 2.87. The summed E-state index contributed by atoms with van der Waals surface area (Å²) in [6.45, 7) is 0. The summed E-state index contributed by atoms with van der Waals surface area (Å²) >= 11 is 0. The molecule has 0 amide bonds. The first-order valence-corrected chi connectivity index (χ1v) is 6.04. The first kappa shape index (κ1) is 11.6. The lowest BCUT2D eigenvalue weighted by atomic mass is 10.3. The molecule has 0 unspecified atom stereocenters. The molecule has 0 aromatic carbocycles. The zero-order valence-corrected chi connectivity index (χ0v) is 10.5. The molecule has 0 saturated carbocycles. The molecule has 0 aliphatic heterocycles.